The molecule has 3 N–H and O–H groups in total. The Kier molecular flexibility index (Phi) is 4.60. The van der Waals surface area contributed by atoms with E-state index in [9.17, 15) is 0 Å². The maximum absolute atomic E-state index is 9.01. The fraction of sp³-hybridized carbons (Fsp3) is 1.00. The molecule has 3 nitrogen and oxygen atoms in total. The second-order valence-corrected chi connectivity index (χ2v) is 2.81. The Bertz CT molecular complexity index is 82.9. The van der Waals surface area contributed by atoms with Crippen LogP contribution in [0.25, 0.3) is 0 Å². The zero-order valence-electron chi connectivity index (χ0n) is 6.49. The lowest BCUT2D eigenvalue weighted by Gasteiger charge is -2.17. The quantitative estimate of drug-likeness (QED) is 0.515. The van der Waals surface area contributed by atoms with E-state index in [1.165, 1.54) is 0 Å². The van der Waals surface area contributed by atoms with Gasteiger partial charge < -0.3 is 15.3 Å². The van der Waals surface area contributed by atoms with E-state index in [4.69, 9.17) is 15.3 Å². The maximum atomic E-state index is 9.01. The van der Waals surface area contributed by atoms with E-state index in [0.29, 0.717) is 6.42 Å². The molecule has 0 fully saturated rings. The zero-order valence-corrected chi connectivity index (χ0v) is 6.49. The standard InChI is InChI=1S/C7H16O3/c1-5(3-6(2)9)7(10)4-8/h5-10H,3-4H2,1-2H3. The SMILES string of the molecule is CC(O)CC(C)C(O)CO. The average Bonchev–Trinajstić information content (AvgIpc) is 1.85. The molecule has 3 unspecified atom stereocenters. The van der Waals surface area contributed by atoms with Crippen molar-refractivity contribution in [1.29, 1.82) is 0 Å². The van der Waals surface area contributed by atoms with Crippen molar-refractivity contribution in [2.75, 3.05) is 6.61 Å². The van der Waals surface area contributed by atoms with Crippen molar-refractivity contribution >= 4 is 0 Å². The lowest BCUT2D eigenvalue weighted by Crippen LogP contribution is -2.24. The Morgan fingerprint density at radius 1 is 1.20 bits per heavy atom. The summed E-state index contributed by atoms with van der Waals surface area (Å²) in [6, 6.07) is 0. The highest BCUT2D eigenvalue weighted by atomic mass is 16.3. The van der Waals surface area contributed by atoms with Gasteiger partial charge in [-0.3, -0.25) is 0 Å². The van der Waals surface area contributed by atoms with Crippen molar-refractivity contribution in [1.82, 2.24) is 0 Å². The van der Waals surface area contributed by atoms with Gasteiger partial charge in [-0.2, -0.15) is 0 Å². The number of aliphatic hydroxyl groups is 3. The van der Waals surface area contributed by atoms with Crippen LogP contribution in [-0.2, 0) is 0 Å². The van der Waals surface area contributed by atoms with Crippen LogP contribution in [0.2, 0.25) is 0 Å². The molecule has 0 bridgehead atoms. The third-order valence-corrected chi connectivity index (χ3v) is 1.56. The summed E-state index contributed by atoms with van der Waals surface area (Å²) in [4.78, 5) is 0. The molecule has 0 aliphatic rings. The second kappa shape index (κ2) is 4.66. The molecule has 0 aliphatic carbocycles. The van der Waals surface area contributed by atoms with Gasteiger partial charge in [0.25, 0.3) is 0 Å². The first kappa shape index (κ1) is 9.88. The topological polar surface area (TPSA) is 60.7 Å². The van der Waals surface area contributed by atoms with Crippen LogP contribution in [0.4, 0.5) is 0 Å². The Labute approximate surface area is 61.3 Å². The molecule has 0 spiro atoms. The van der Waals surface area contributed by atoms with Gasteiger partial charge in [-0.25, -0.2) is 0 Å². The number of hydrogen-bond acceptors (Lipinski definition) is 3. The van der Waals surface area contributed by atoms with Crippen LogP contribution in [0.15, 0.2) is 0 Å². The van der Waals surface area contributed by atoms with Gasteiger partial charge in [0.1, 0.15) is 0 Å². The van der Waals surface area contributed by atoms with Gasteiger partial charge in [-0.1, -0.05) is 6.92 Å². The lowest BCUT2D eigenvalue weighted by molar-refractivity contribution is 0.0324. The first-order valence-electron chi connectivity index (χ1n) is 3.55. The largest absolute Gasteiger partial charge is 0.394 e. The van der Waals surface area contributed by atoms with E-state index in [1.807, 2.05) is 0 Å². The summed E-state index contributed by atoms with van der Waals surface area (Å²) in [5, 5.41) is 26.4. The van der Waals surface area contributed by atoms with Gasteiger partial charge in [-0.15, -0.1) is 0 Å². The van der Waals surface area contributed by atoms with Gasteiger partial charge >= 0.3 is 0 Å². The molecular formula is C7H16O3. The van der Waals surface area contributed by atoms with Gasteiger partial charge in [-0.05, 0) is 19.3 Å². The Hall–Kier alpha value is -0.120. The van der Waals surface area contributed by atoms with Crippen LogP contribution < -0.4 is 0 Å². The van der Waals surface area contributed by atoms with Crippen LogP contribution >= 0.6 is 0 Å². The monoisotopic (exact) mass is 148 g/mol. The van der Waals surface area contributed by atoms with Gasteiger partial charge in [0, 0.05) is 0 Å². The van der Waals surface area contributed by atoms with Crippen molar-refractivity contribution in [2.45, 2.75) is 32.5 Å². The first-order valence-corrected chi connectivity index (χ1v) is 3.55. The van der Waals surface area contributed by atoms with Crippen molar-refractivity contribution in [3.05, 3.63) is 0 Å². The Morgan fingerprint density at radius 2 is 1.70 bits per heavy atom. The van der Waals surface area contributed by atoms with E-state index in [0.717, 1.165) is 0 Å². The highest BCUT2D eigenvalue weighted by molar-refractivity contribution is 4.65. The second-order valence-electron chi connectivity index (χ2n) is 2.81. The Morgan fingerprint density at radius 3 is 2.00 bits per heavy atom. The molecule has 0 aromatic rings. The average molecular weight is 148 g/mol. The summed E-state index contributed by atoms with van der Waals surface area (Å²) in [5.74, 6) is -0.0370. The molecular weight excluding hydrogens is 132 g/mol. The van der Waals surface area contributed by atoms with Crippen molar-refractivity contribution in [3.63, 3.8) is 0 Å². The molecule has 0 aromatic carbocycles. The summed E-state index contributed by atoms with van der Waals surface area (Å²) in [7, 11) is 0. The summed E-state index contributed by atoms with van der Waals surface area (Å²) in [6.45, 7) is 3.24. The molecule has 0 amide bonds. The summed E-state index contributed by atoms with van der Waals surface area (Å²) in [5.41, 5.74) is 0. The van der Waals surface area contributed by atoms with Crippen LogP contribution in [0.3, 0.4) is 0 Å². The normalized spacial score (nSPS) is 20.1. The molecule has 10 heavy (non-hydrogen) atoms. The number of aliphatic hydroxyl groups excluding tert-OH is 3. The molecule has 0 radical (unpaired) electrons. The smallest absolute Gasteiger partial charge is 0.0797 e. The van der Waals surface area contributed by atoms with Gasteiger partial charge in [0.05, 0.1) is 18.8 Å². The Balaban J connectivity index is 3.50. The first-order chi connectivity index (χ1) is 4.57. The summed E-state index contributed by atoms with van der Waals surface area (Å²) >= 11 is 0. The predicted octanol–water partition coefficient (Wildman–Crippen LogP) is -0.253. The molecule has 0 rings (SSSR count). The van der Waals surface area contributed by atoms with E-state index in [-0.39, 0.29) is 12.5 Å². The van der Waals surface area contributed by atoms with E-state index in [2.05, 4.69) is 0 Å². The van der Waals surface area contributed by atoms with E-state index >= 15 is 0 Å². The third kappa shape index (κ3) is 3.82. The minimum absolute atomic E-state index is 0.0370. The highest BCUT2D eigenvalue weighted by Crippen LogP contribution is 2.09. The van der Waals surface area contributed by atoms with Crippen molar-refractivity contribution < 1.29 is 15.3 Å². The summed E-state index contributed by atoms with van der Waals surface area (Å²) in [6.07, 6.45) is -0.576. The van der Waals surface area contributed by atoms with Crippen molar-refractivity contribution in [3.8, 4) is 0 Å². The zero-order chi connectivity index (χ0) is 8.15. The fourth-order valence-electron chi connectivity index (χ4n) is 0.875. The number of rotatable bonds is 4. The van der Waals surface area contributed by atoms with E-state index < -0.39 is 12.2 Å². The fourth-order valence-corrected chi connectivity index (χ4v) is 0.875. The van der Waals surface area contributed by atoms with Crippen molar-refractivity contribution in [2.24, 2.45) is 5.92 Å². The molecule has 0 saturated heterocycles. The number of hydrogen-bond donors (Lipinski definition) is 3. The highest BCUT2D eigenvalue weighted by Gasteiger charge is 2.14. The molecule has 0 heterocycles. The molecule has 62 valence electrons. The molecule has 0 aliphatic heterocycles. The molecule has 3 heteroatoms. The minimum Gasteiger partial charge on any atom is -0.394 e. The van der Waals surface area contributed by atoms with E-state index in [1.54, 1.807) is 13.8 Å². The van der Waals surface area contributed by atoms with Crippen LogP contribution in [-0.4, -0.2) is 34.1 Å². The molecule has 3 atom stereocenters. The van der Waals surface area contributed by atoms with Gasteiger partial charge in [0.2, 0.25) is 0 Å². The van der Waals surface area contributed by atoms with Crippen LogP contribution in [0.5, 0.6) is 0 Å². The maximum Gasteiger partial charge on any atom is 0.0797 e. The summed E-state index contributed by atoms with van der Waals surface area (Å²) < 4.78 is 0. The predicted molar refractivity (Wildman–Crippen MR) is 38.6 cm³/mol. The third-order valence-electron chi connectivity index (χ3n) is 1.56. The molecule has 0 saturated carbocycles. The van der Waals surface area contributed by atoms with Crippen LogP contribution in [0, 0.1) is 5.92 Å². The van der Waals surface area contributed by atoms with Crippen LogP contribution in [0.1, 0.15) is 20.3 Å². The molecule has 0 aromatic heterocycles. The minimum atomic E-state index is -0.699. The van der Waals surface area contributed by atoms with Gasteiger partial charge in [0.15, 0.2) is 0 Å². The lowest BCUT2D eigenvalue weighted by atomic mass is 9.99.